The van der Waals surface area contributed by atoms with Gasteiger partial charge in [-0.1, -0.05) is 13.8 Å². The highest BCUT2D eigenvalue weighted by atomic mass is 32.2. The Morgan fingerprint density at radius 1 is 1.22 bits per heavy atom. The Kier molecular flexibility index (Phi) is 6.93. The molecule has 1 aromatic rings. The molecule has 0 heterocycles. The van der Waals surface area contributed by atoms with E-state index < -0.39 is 11.5 Å². The average Bonchev–Trinajstić information content (AvgIpc) is 2.41. The Bertz CT molecular complexity index is 544. The van der Waals surface area contributed by atoms with E-state index in [1.807, 2.05) is 13.8 Å². The first kappa shape index (κ1) is 19.3. The topological polar surface area (TPSA) is 57.6 Å². The normalized spacial score (nSPS) is 11.6. The minimum absolute atomic E-state index is 0.00463. The lowest BCUT2D eigenvalue weighted by Gasteiger charge is -2.24. The molecule has 4 nitrogen and oxygen atoms in total. The first-order valence-electron chi connectivity index (χ1n) is 6.95. The third-order valence-corrected chi connectivity index (χ3v) is 3.54. The Morgan fingerprint density at radius 3 is 2.22 bits per heavy atom. The molecule has 0 aliphatic heterocycles. The van der Waals surface area contributed by atoms with Gasteiger partial charge in [0.25, 0.3) is 5.91 Å². The summed E-state index contributed by atoms with van der Waals surface area (Å²) < 4.78 is 36.8. The molecule has 0 saturated heterocycles. The Balaban J connectivity index is 2.84. The van der Waals surface area contributed by atoms with Crippen molar-refractivity contribution in [1.82, 2.24) is 4.90 Å². The van der Waals surface area contributed by atoms with Crippen LogP contribution in [0.25, 0.3) is 0 Å². The zero-order chi connectivity index (χ0) is 17.6. The van der Waals surface area contributed by atoms with E-state index in [9.17, 15) is 22.8 Å². The van der Waals surface area contributed by atoms with Crippen molar-refractivity contribution in [3.05, 3.63) is 29.8 Å². The number of thioether (sulfide) groups is 1. The highest BCUT2D eigenvalue weighted by Crippen LogP contribution is 2.36. The van der Waals surface area contributed by atoms with Crippen LogP contribution >= 0.6 is 11.8 Å². The predicted octanol–water partition coefficient (Wildman–Crippen LogP) is 3.87. The van der Waals surface area contributed by atoms with Crippen molar-refractivity contribution in [2.45, 2.75) is 30.7 Å². The van der Waals surface area contributed by atoms with Gasteiger partial charge < -0.3 is 10.0 Å². The molecule has 0 fully saturated rings. The fourth-order valence-electron chi connectivity index (χ4n) is 1.93. The number of benzene rings is 1. The number of carboxylic acid groups (broad SMARTS) is 1. The summed E-state index contributed by atoms with van der Waals surface area (Å²) in [5, 5.41) is 8.75. The quantitative estimate of drug-likeness (QED) is 0.759. The Hall–Kier alpha value is -1.70. The molecule has 1 aromatic carbocycles. The number of alkyl halides is 3. The van der Waals surface area contributed by atoms with Crippen LogP contribution in [-0.4, -0.2) is 40.5 Å². The third-order valence-electron chi connectivity index (χ3n) is 2.80. The van der Waals surface area contributed by atoms with Crippen LogP contribution in [0, 0.1) is 5.92 Å². The molecule has 0 spiro atoms. The number of nitrogens with zero attached hydrogens (tertiary/aromatic N) is 1. The average molecular weight is 349 g/mol. The van der Waals surface area contributed by atoms with Gasteiger partial charge in [0.2, 0.25) is 0 Å². The first-order chi connectivity index (χ1) is 10.6. The van der Waals surface area contributed by atoms with Crippen LogP contribution in [0.5, 0.6) is 0 Å². The van der Waals surface area contributed by atoms with Gasteiger partial charge in [-0.2, -0.15) is 13.2 Å². The summed E-state index contributed by atoms with van der Waals surface area (Å²) in [6.45, 7) is 4.23. The molecule has 0 atom stereocenters. The number of carbonyl (C=O) groups is 2. The van der Waals surface area contributed by atoms with Gasteiger partial charge in [0.05, 0.1) is 6.42 Å². The predicted molar refractivity (Wildman–Crippen MR) is 81.3 cm³/mol. The van der Waals surface area contributed by atoms with E-state index in [1.54, 1.807) is 0 Å². The number of rotatable bonds is 7. The van der Waals surface area contributed by atoms with E-state index in [4.69, 9.17) is 5.11 Å². The highest BCUT2D eigenvalue weighted by molar-refractivity contribution is 8.00. The fourth-order valence-corrected chi connectivity index (χ4v) is 2.47. The van der Waals surface area contributed by atoms with Crippen LogP contribution in [-0.2, 0) is 4.79 Å². The van der Waals surface area contributed by atoms with Crippen molar-refractivity contribution in [1.29, 1.82) is 0 Å². The summed E-state index contributed by atoms with van der Waals surface area (Å²) in [4.78, 5) is 24.5. The number of carboxylic acids is 1. The molecule has 0 saturated carbocycles. The smallest absolute Gasteiger partial charge is 0.446 e. The molecule has 0 unspecified atom stereocenters. The molecule has 1 rings (SSSR count). The molecule has 1 amide bonds. The number of hydrogen-bond donors (Lipinski definition) is 1. The molecule has 23 heavy (non-hydrogen) atoms. The van der Waals surface area contributed by atoms with Gasteiger partial charge in [-0.15, -0.1) is 0 Å². The molecule has 128 valence electrons. The maximum Gasteiger partial charge on any atom is 0.446 e. The van der Waals surface area contributed by atoms with Crippen molar-refractivity contribution < 1.29 is 27.9 Å². The van der Waals surface area contributed by atoms with Gasteiger partial charge >= 0.3 is 11.5 Å². The highest BCUT2D eigenvalue weighted by Gasteiger charge is 2.29. The van der Waals surface area contributed by atoms with Crippen LogP contribution in [0.15, 0.2) is 29.2 Å². The first-order valence-corrected chi connectivity index (χ1v) is 7.77. The van der Waals surface area contributed by atoms with Gasteiger partial charge in [0.1, 0.15) is 0 Å². The van der Waals surface area contributed by atoms with E-state index in [2.05, 4.69) is 0 Å². The Labute approximate surface area is 136 Å². The van der Waals surface area contributed by atoms with Crippen LogP contribution < -0.4 is 0 Å². The number of amides is 1. The molecular weight excluding hydrogens is 331 g/mol. The minimum Gasteiger partial charge on any atom is -0.481 e. The summed E-state index contributed by atoms with van der Waals surface area (Å²) in [7, 11) is 0. The molecule has 0 radical (unpaired) electrons. The van der Waals surface area contributed by atoms with Crippen molar-refractivity contribution in [2.75, 3.05) is 13.1 Å². The molecule has 0 aromatic heterocycles. The van der Waals surface area contributed by atoms with Crippen molar-refractivity contribution >= 4 is 23.6 Å². The maximum absolute atomic E-state index is 12.4. The summed E-state index contributed by atoms with van der Waals surface area (Å²) in [5.41, 5.74) is -4.14. The van der Waals surface area contributed by atoms with Gasteiger partial charge in [0.15, 0.2) is 0 Å². The van der Waals surface area contributed by atoms with Crippen LogP contribution in [0.3, 0.4) is 0 Å². The monoisotopic (exact) mass is 349 g/mol. The SMILES string of the molecule is CC(C)CN(CCC(=O)O)C(=O)c1ccc(SC(F)(F)F)cc1. The maximum atomic E-state index is 12.4. The van der Waals surface area contributed by atoms with Gasteiger partial charge in [-0.3, -0.25) is 9.59 Å². The third kappa shape index (κ3) is 7.40. The summed E-state index contributed by atoms with van der Waals surface area (Å²) in [6.07, 6.45) is -0.180. The molecule has 0 bridgehead atoms. The summed E-state index contributed by atoms with van der Waals surface area (Å²) >= 11 is -0.248. The van der Waals surface area contributed by atoms with Gasteiger partial charge in [-0.05, 0) is 41.9 Å². The second-order valence-corrected chi connectivity index (χ2v) is 6.50. The standard InChI is InChI=1S/C15H18F3NO3S/c1-10(2)9-19(8-7-13(20)21)14(22)11-3-5-12(6-4-11)23-15(16,17)18/h3-6,10H,7-9H2,1-2H3,(H,20,21). The lowest BCUT2D eigenvalue weighted by Crippen LogP contribution is -2.35. The number of carbonyl (C=O) groups excluding carboxylic acids is 1. The van der Waals surface area contributed by atoms with E-state index >= 15 is 0 Å². The number of hydrogen-bond acceptors (Lipinski definition) is 3. The molecule has 0 aliphatic carbocycles. The molecular formula is C15H18F3NO3S. The van der Waals surface area contributed by atoms with E-state index in [-0.39, 0.29) is 47.0 Å². The molecule has 0 aliphatic rings. The minimum atomic E-state index is -4.38. The second kappa shape index (κ2) is 8.24. The number of halogens is 3. The van der Waals surface area contributed by atoms with E-state index in [0.717, 1.165) is 0 Å². The summed E-state index contributed by atoms with van der Waals surface area (Å²) in [5.74, 6) is -1.25. The van der Waals surface area contributed by atoms with Crippen molar-refractivity contribution in [2.24, 2.45) is 5.92 Å². The lowest BCUT2D eigenvalue weighted by molar-refractivity contribution is -0.137. The second-order valence-electron chi connectivity index (χ2n) is 5.36. The van der Waals surface area contributed by atoms with Crippen LogP contribution in [0.1, 0.15) is 30.6 Å². The Morgan fingerprint density at radius 2 is 1.78 bits per heavy atom. The van der Waals surface area contributed by atoms with Gasteiger partial charge in [0, 0.05) is 23.5 Å². The van der Waals surface area contributed by atoms with Gasteiger partial charge in [-0.25, -0.2) is 0 Å². The lowest BCUT2D eigenvalue weighted by atomic mass is 10.1. The zero-order valence-electron chi connectivity index (χ0n) is 12.8. The number of aliphatic carboxylic acids is 1. The largest absolute Gasteiger partial charge is 0.481 e. The van der Waals surface area contributed by atoms with Crippen molar-refractivity contribution in [3.63, 3.8) is 0 Å². The van der Waals surface area contributed by atoms with E-state index in [0.29, 0.717) is 6.54 Å². The summed E-state index contributed by atoms with van der Waals surface area (Å²) in [6, 6.07) is 5.11. The zero-order valence-corrected chi connectivity index (χ0v) is 13.6. The van der Waals surface area contributed by atoms with Crippen molar-refractivity contribution in [3.8, 4) is 0 Å². The van der Waals surface area contributed by atoms with E-state index in [1.165, 1.54) is 29.2 Å². The van der Waals surface area contributed by atoms with Crippen LogP contribution in [0.4, 0.5) is 13.2 Å². The van der Waals surface area contributed by atoms with Crippen LogP contribution in [0.2, 0.25) is 0 Å². The molecule has 8 heteroatoms. The fraction of sp³-hybridized carbons (Fsp3) is 0.467. The molecule has 1 N–H and O–H groups in total.